The van der Waals surface area contributed by atoms with E-state index in [1.807, 2.05) is 6.92 Å². The molecule has 2 aliphatic heterocycles. The lowest BCUT2D eigenvalue weighted by Gasteiger charge is -2.37. The molecule has 0 atom stereocenters. The molecule has 0 bridgehead atoms. The lowest BCUT2D eigenvalue weighted by Crippen LogP contribution is -2.47. The van der Waals surface area contributed by atoms with Crippen molar-refractivity contribution in [1.82, 2.24) is 14.9 Å². The minimum absolute atomic E-state index is 0.00736. The minimum Gasteiger partial charge on any atom is -0.347 e. The Morgan fingerprint density at radius 1 is 1.07 bits per heavy atom. The standard InChI is InChI=1S/C21H24N4O4/c1-14-13-18(19(27)25-9-7-21(8-10-25)28-11-12-29-21)24-20(22-14)23-17-5-3-16(4-6-17)15(2)26/h3-6,13H,7-12H2,1-2H3,(H,22,23,24). The van der Waals surface area contributed by atoms with Crippen LogP contribution in [0.4, 0.5) is 11.6 Å². The van der Waals surface area contributed by atoms with E-state index >= 15 is 0 Å². The Hall–Kier alpha value is -2.84. The summed E-state index contributed by atoms with van der Waals surface area (Å²) in [6, 6.07) is 8.75. The fourth-order valence-corrected chi connectivity index (χ4v) is 3.65. The third-order valence-corrected chi connectivity index (χ3v) is 5.25. The van der Waals surface area contributed by atoms with Gasteiger partial charge in [-0.05, 0) is 44.2 Å². The first-order chi connectivity index (χ1) is 13.9. The molecule has 1 aromatic heterocycles. The summed E-state index contributed by atoms with van der Waals surface area (Å²) in [6.45, 7) is 5.71. The number of amides is 1. The predicted molar refractivity (Wildman–Crippen MR) is 106 cm³/mol. The first kappa shape index (κ1) is 19.5. The number of benzene rings is 1. The third kappa shape index (κ3) is 4.28. The molecule has 1 aromatic carbocycles. The molecule has 0 radical (unpaired) electrons. The summed E-state index contributed by atoms with van der Waals surface area (Å²) in [5.41, 5.74) is 2.43. The molecule has 8 heteroatoms. The average Bonchev–Trinajstić information content (AvgIpc) is 3.16. The van der Waals surface area contributed by atoms with Crippen LogP contribution in [0.2, 0.25) is 0 Å². The molecule has 2 aromatic rings. The van der Waals surface area contributed by atoms with Crippen molar-refractivity contribution in [3.8, 4) is 0 Å². The zero-order chi connectivity index (χ0) is 20.4. The van der Waals surface area contributed by atoms with Gasteiger partial charge in [0.1, 0.15) is 5.69 Å². The van der Waals surface area contributed by atoms with Crippen molar-refractivity contribution >= 4 is 23.3 Å². The van der Waals surface area contributed by atoms with Crippen LogP contribution >= 0.6 is 0 Å². The normalized spacial score (nSPS) is 18.1. The maximum absolute atomic E-state index is 13.0. The van der Waals surface area contributed by atoms with Crippen LogP contribution in [-0.2, 0) is 9.47 Å². The van der Waals surface area contributed by atoms with Gasteiger partial charge in [-0.3, -0.25) is 9.59 Å². The van der Waals surface area contributed by atoms with Crippen molar-refractivity contribution < 1.29 is 19.1 Å². The molecule has 2 fully saturated rings. The molecular formula is C21H24N4O4. The Balaban J connectivity index is 1.46. The lowest BCUT2D eigenvalue weighted by molar-refractivity contribution is -0.181. The van der Waals surface area contributed by atoms with Gasteiger partial charge in [-0.1, -0.05) is 0 Å². The fraction of sp³-hybridized carbons (Fsp3) is 0.429. The summed E-state index contributed by atoms with van der Waals surface area (Å²) in [6.07, 6.45) is 1.33. The van der Waals surface area contributed by atoms with Gasteiger partial charge < -0.3 is 19.7 Å². The lowest BCUT2D eigenvalue weighted by atomic mass is 10.0. The molecule has 4 rings (SSSR count). The van der Waals surface area contributed by atoms with Crippen LogP contribution in [0.25, 0.3) is 0 Å². The van der Waals surface area contributed by atoms with Crippen molar-refractivity contribution in [1.29, 1.82) is 0 Å². The van der Waals surface area contributed by atoms with Gasteiger partial charge in [-0.25, -0.2) is 9.97 Å². The van der Waals surface area contributed by atoms with Crippen LogP contribution in [-0.4, -0.2) is 58.6 Å². The average molecular weight is 396 g/mol. The van der Waals surface area contributed by atoms with E-state index in [-0.39, 0.29) is 11.7 Å². The highest BCUT2D eigenvalue weighted by Gasteiger charge is 2.41. The minimum atomic E-state index is -0.517. The van der Waals surface area contributed by atoms with Crippen LogP contribution in [0.1, 0.15) is 46.3 Å². The molecule has 3 heterocycles. The number of aryl methyl sites for hydroxylation is 1. The predicted octanol–water partition coefficient (Wildman–Crippen LogP) is 2.71. The molecule has 29 heavy (non-hydrogen) atoms. The molecule has 2 saturated heterocycles. The molecule has 1 N–H and O–H groups in total. The molecule has 8 nitrogen and oxygen atoms in total. The Morgan fingerprint density at radius 2 is 1.72 bits per heavy atom. The smallest absolute Gasteiger partial charge is 0.272 e. The number of piperidine rings is 1. The summed E-state index contributed by atoms with van der Waals surface area (Å²) in [7, 11) is 0. The van der Waals surface area contributed by atoms with Gasteiger partial charge in [0.25, 0.3) is 5.91 Å². The van der Waals surface area contributed by atoms with Crippen LogP contribution in [0, 0.1) is 6.92 Å². The zero-order valence-electron chi connectivity index (χ0n) is 16.6. The van der Waals surface area contributed by atoms with Crippen molar-refractivity contribution in [2.45, 2.75) is 32.5 Å². The molecule has 0 saturated carbocycles. The van der Waals surface area contributed by atoms with E-state index in [2.05, 4.69) is 15.3 Å². The van der Waals surface area contributed by atoms with Crippen LogP contribution in [0.15, 0.2) is 30.3 Å². The van der Waals surface area contributed by atoms with Crippen molar-refractivity contribution in [2.24, 2.45) is 0 Å². The second kappa shape index (κ2) is 7.88. The Bertz CT molecular complexity index is 913. The van der Waals surface area contributed by atoms with Crippen LogP contribution in [0.5, 0.6) is 0 Å². The third-order valence-electron chi connectivity index (χ3n) is 5.25. The highest BCUT2D eigenvalue weighted by atomic mass is 16.7. The topological polar surface area (TPSA) is 93.7 Å². The maximum atomic E-state index is 13.0. The van der Waals surface area contributed by atoms with Gasteiger partial charge in [-0.2, -0.15) is 0 Å². The summed E-state index contributed by atoms with van der Waals surface area (Å²) in [5.74, 6) is -0.289. The number of carbonyl (C=O) groups excluding carboxylic acids is 2. The summed E-state index contributed by atoms with van der Waals surface area (Å²) < 4.78 is 11.5. The molecule has 0 unspecified atom stereocenters. The van der Waals surface area contributed by atoms with E-state index < -0.39 is 5.79 Å². The molecule has 1 spiro atoms. The first-order valence-electron chi connectivity index (χ1n) is 9.75. The van der Waals surface area contributed by atoms with E-state index in [0.717, 1.165) is 5.69 Å². The SMILES string of the molecule is CC(=O)c1ccc(Nc2nc(C)cc(C(=O)N3CCC4(CC3)OCCO4)n2)cc1. The van der Waals surface area contributed by atoms with Crippen molar-refractivity contribution in [2.75, 3.05) is 31.6 Å². The quantitative estimate of drug-likeness (QED) is 0.794. The number of carbonyl (C=O) groups is 2. The largest absolute Gasteiger partial charge is 0.347 e. The number of ketones is 1. The number of aromatic nitrogens is 2. The second-order valence-electron chi connectivity index (χ2n) is 7.38. The molecular weight excluding hydrogens is 372 g/mol. The highest BCUT2D eigenvalue weighted by molar-refractivity contribution is 5.94. The second-order valence-corrected chi connectivity index (χ2v) is 7.38. The number of anilines is 2. The monoisotopic (exact) mass is 396 g/mol. The van der Waals surface area contributed by atoms with E-state index in [0.29, 0.717) is 62.0 Å². The van der Waals surface area contributed by atoms with E-state index in [1.54, 1.807) is 35.2 Å². The Kier molecular flexibility index (Phi) is 5.29. The highest BCUT2D eigenvalue weighted by Crippen LogP contribution is 2.31. The summed E-state index contributed by atoms with van der Waals surface area (Å²) >= 11 is 0. The summed E-state index contributed by atoms with van der Waals surface area (Å²) in [4.78, 5) is 34.9. The number of rotatable bonds is 4. The Morgan fingerprint density at radius 3 is 2.34 bits per heavy atom. The van der Waals surface area contributed by atoms with Gasteiger partial charge in [0, 0.05) is 42.9 Å². The van der Waals surface area contributed by atoms with Gasteiger partial charge in [-0.15, -0.1) is 0 Å². The number of hydrogen-bond acceptors (Lipinski definition) is 7. The van der Waals surface area contributed by atoms with Gasteiger partial charge in [0.15, 0.2) is 11.6 Å². The summed E-state index contributed by atoms with van der Waals surface area (Å²) in [5, 5.41) is 3.10. The van der Waals surface area contributed by atoms with E-state index in [9.17, 15) is 9.59 Å². The fourth-order valence-electron chi connectivity index (χ4n) is 3.65. The van der Waals surface area contributed by atoms with Crippen LogP contribution < -0.4 is 5.32 Å². The molecule has 152 valence electrons. The van der Waals surface area contributed by atoms with E-state index in [1.165, 1.54) is 6.92 Å². The molecule has 1 amide bonds. The zero-order valence-corrected chi connectivity index (χ0v) is 16.6. The number of hydrogen-bond donors (Lipinski definition) is 1. The maximum Gasteiger partial charge on any atom is 0.272 e. The first-order valence-corrected chi connectivity index (χ1v) is 9.75. The van der Waals surface area contributed by atoms with Gasteiger partial charge >= 0.3 is 0 Å². The van der Waals surface area contributed by atoms with Crippen molar-refractivity contribution in [3.63, 3.8) is 0 Å². The Labute approximate surface area is 169 Å². The number of ether oxygens (including phenoxy) is 2. The van der Waals surface area contributed by atoms with Crippen LogP contribution in [0.3, 0.4) is 0 Å². The number of Topliss-reactive ketones (excluding diaryl/α,β-unsaturated/α-hetero) is 1. The van der Waals surface area contributed by atoms with Gasteiger partial charge in [0.2, 0.25) is 5.95 Å². The number of nitrogens with zero attached hydrogens (tertiary/aromatic N) is 3. The van der Waals surface area contributed by atoms with Gasteiger partial charge in [0.05, 0.1) is 13.2 Å². The van der Waals surface area contributed by atoms with E-state index in [4.69, 9.17) is 9.47 Å². The number of likely N-dealkylation sites (tertiary alicyclic amines) is 1. The number of nitrogens with one attached hydrogen (secondary N) is 1. The molecule has 2 aliphatic rings. The van der Waals surface area contributed by atoms with Crippen molar-refractivity contribution in [3.05, 3.63) is 47.3 Å². The molecule has 0 aliphatic carbocycles.